The van der Waals surface area contributed by atoms with Crippen LogP contribution >= 0.6 is 11.6 Å². The van der Waals surface area contributed by atoms with Gasteiger partial charge in [0, 0.05) is 0 Å². The fourth-order valence-electron chi connectivity index (χ4n) is 2.37. The first-order chi connectivity index (χ1) is 11.5. The van der Waals surface area contributed by atoms with Crippen molar-refractivity contribution in [2.24, 2.45) is 0 Å². The van der Waals surface area contributed by atoms with Crippen LogP contribution in [0, 0.1) is 6.92 Å². The SMILES string of the molecule is Cc1cccc(-n2nc(-c3ccccc3Cl)oc2=O)c1OC(C)C. The molecule has 0 aliphatic heterocycles. The van der Waals surface area contributed by atoms with E-state index in [9.17, 15) is 4.79 Å². The minimum absolute atomic E-state index is 0.0320. The lowest BCUT2D eigenvalue weighted by Crippen LogP contribution is -2.17. The lowest BCUT2D eigenvalue weighted by atomic mass is 10.2. The van der Waals surface area contributed by atoms with E-state index < -0.39 is 5.76 Å². The molecule has 0 fully saturated rings. The van der Waals surface area contributed by atoms with Crippen molar-refractivity contribution in [1.82, 2.24) is 9.78 Å². The molecule has 5 nitrogen and oxygen atoms in total. The number of ether oxygens (including phenoxy) is 1. The Bertz CT molecular complexity index is 928. The Balaban J connectivity index is 2.14. The molecule has 0 saturated heterocycles. The number of aryl methyl sites for hydroxylation is 1. The third kappa shape index (κ3) is 3.08. The minimum Gasteiger partial charge on any atom is -0.488 e. The summed E-state index contributed by atoms with van der Waals surface area (Å²) in [6.07, 6.45) is -0.0320. The smallest absolute Gasteiger partial charge is 0.442 e. The maximum atomic E-state index is 12.3. The first-order valence-corrected chi connectivity index (χ1v) is 7.97. The van der Waals surface area contributed by atoms with Crippen molar-refractivity contribution in [3.8, 4) is 22.9 Å². The van der Waals surface area contributed by atoms with Gasteiger partial charge in [-0.3, -0.25) is 0 Å². The van der Waals surface area contributed by atoms with Crippen LogP contribution in [0.1, 0.15) is 19.4 Å². The molecule has 24 heavy (non-hydrogen) atoms. The standard InChI is InChI=1S/C18H17ClN2O3/c1-11(2)23-16-12(3)7-6-10-15(16)21-18(22)24-17(20-21)13-8-4-5-9-14(13)19/h4-11H,1-3H3. The average molecular weight is 345 g/mol. The molecule has 3 aromatic rings. The number of para-hydroxylation sites is 1. The zero-order valence-corrected chi connectivity index (χ0v) is 14.4. The molecule has 0 aliphatic rings. The van der Waals surface area contributed by atoms with E-state index in [0.29, 0.717) is 22.0 Å². The predicted octanol–water partition coefficient (Wildman–Crippen LogP) is 4.24. The summed E-state index contributed by atoms with van der Waals surface area (Å²) in [4.78, 5) is 12.3. The molecule has 1 aromatic heterocycles. The lowest BCUT2D eigenvalue weighted by molar-refractivity contribution is 0.239. The molecule has 124 valence electrons. The van der Waals surface area contributed by atoms with E-state index in [1.807, 2.05) is 32.9 Å². The molecule has 0 amide bonds. The van der Waals surface area contributed by atoms with Gasteiger partial charge < -0.3 is 9.15 Å². The summed E-state index contributed by atoms with van der Waals surface area (Å²) < 4.78 is 12.3. The van der Waals surface area contributed by atoms with Crippen LogP contribution in [0.4, 0.5) is 0 Å². The van der Waals surface area contributed by atoms with Crippen LogP contribution in [-0.2, 0) is 0 Å². The van der Waals surface area contributed by atoms with Crippen molar-refractivity contribution in [3.05, 3.63) is 63.6 Å². The molecule has 0 N–H and O–H groups in total. The largest absolute Gasteiger partial charge is 0.488 e. The Kier molecular flexibility index (Phi) is 4.44. The van der Waals surface area contributed by atoms with Gasteiger partial charge in [0.15, 0.2) is 0 Å². The second-order valence-corrected chi connectivity index (χ2v) is 6.06. The van der Waals surface area contributed by atoms with Crippen molar-refractivity contribution in [3.63, 3.8) is 0 Å². The second kappa shape index (κ2) is 6.53. The highest BCUT2D eigenvalue weighted by atomic mass is 35.5. The Morgan fingerprint density at radius 3 is 2.62 bits per heavy atom. The number of hydrogen-bond donors (Lipinski definition) is 0. The maximum Gasteiger partial charge on any atom is 0.442 e. The third-order valence-electron chi connectivity index (χ3n) is 3.42. The number of rotatable bonds is 4. The van der Waals surface area contributed by atoms with Crippen molar-refractivity contribution in [2.45, 2.75) is 26.9 Å². The first kappa shape index (κ1) is 16.3. The van der Waals surface area contributed by atoms with E-state index in [1.54, 1.807) is 30.3 Å². The molecule has 1 heterocycles. The van der Waals surface area contributed by atoms with E-state index in [4.69, 9.17) is 20.8 Å². The van der Waals surface area contributed by atoms with Crippen LogP contribution in [-0.4, -0.2) is 15.9 Å². The number of halogens is 1. The van der Waals surface area contributed by atoms with Crippen molar-refractivity contribution in [1.29, 1.82) is 0 Å². The molecule has 3 rings (SSSR count). The maximum absolute atomic E-state index is 12.3. The van der Waals surface area contributed by atoms with Crippen molar-refractivity contribution in [2.75, 3.05) is 0 Å². The summed E-state index contributed by atoms with van der Waals surface area (Å²) in [7, 11) is 0. The van der Waals surface area contributed by atoms with Gasteiger partial charge in [-0.1, -0.05) is 35.9 Å². The van der Waals surface area contributed by atoms with Gasteiger partial charge >= 0.3 is 5.76 Å². The minimum atomic E-state index is -0.593. The lowest BCUT2D eigenvalue weighted by Gasteiger charge is -2.15. The Morgan fingerprint density at radius 2 is 1.92 bits per heavy atom. The summed E-state index contributed by atoms with van der Waals surface area (Å²) in [6, 6.07) is 12.6. The van der Waals surface area contributed by atoms with E-state index >= 15 is 0 Å². The number of benzene rings is 2. The summed E-state index contributed by atoms with van der Waals surface area (Å²) in [6.45, 7) is 5.77. The Labute approximate surface area is 144 Å². The first-order valence-electron chi connectivity index (χ1n) is 7.59. The van der Waals surface area contributed by atoms with Gasteiger partial charge in [0.1, 0.15) is 11.4 Å². The molecular weight excluding hydrogens is 328 g/mol. The summed E-state index contributed by atoms with van der Waals surface area (Å²) in [5, 5.41) is 4.76. The molecule has 0 radical (unpaired) electrons. The quantitative estimate of drug-likeness (QED) is 0.710. The molecule has 0 atom stereocenters. The molecular formula is C18H17ClN2O3. The normalized spacial score (nSPS) is 11.0. The van der Waals surface area contributed by atoms with Gasteiger partial charge in [0.25, 0.3) is 5.89 Å². The van der Waals surface area contributed by atoms with E-state index in [1.165, 1.54) is 4.68 Å². The number of nitrogens with zero attached hydrogens (tertiary/aromatic N) is 2. The van der Waals surface area contributed by atoms with Crippen LogP contribution in [0.5, 0.6) is 5.75 Å². The molecule has 0 bridgehead atoms. The van der Waals surface area contributed by atoms with Gasteiger partial charge in [-0.15, -0.1) is 5.10 Å². The summed E-state index contributed by atoms with van der Waals surface area (Å²) in [5.74, 6) is 0.181. The number of hydrogen-bond acceptors (Lipinski definition) is 4. The number of aromatic nitrogens is 2. The molecule has 0 saturated carbocycles. The fourth-order valence-corrected chi connectivity index (χ4v) is 2.58. The van der Waals surface area contributed by atoms with Gasteiger partial charge in [-0.25, -0.2) is 4.79 Å². The van der Waals surface area contributed by atoms with Crippen LogP contribution in [0.2, 0.25) is 5.02 Å². The van der Waals surface area contributed by atoms with Gasteiger partial charge in [-0.2, -0.15) is 4.68 Å². The van der Waals surface area contributed by atoms with E-state index in [0.717, 1.165) is 5.56 Å². The molecule has 0 aliphatic carbocycles. The highest BCUT2D eigenvalue weighted by Crippen LogP contribution is 2.29. The average Bonchev–Trinajstić information content (AvgIpc) is 2.91. The highest BCUT2D eigenvalue weighted by Gasteiger charge is 2.18. The van der Waals surface area contributed by atoms with Gasteiger partial charge in [0.05, 0.1) is 16.7 Å². The topological polar surface area (TPSA) is 57.3 Å². The molecule has 2 aromatic carbocycles. The van der Waals surface area contributed by atoms with Gasteiger partial charge in [-0.05, 0) is 44.5 Å². The van der Waals surface area contributed by atoms with Crippen LogP contribution in [0.15, 0.2) is 51.7 Å². The predicted molar refractivity (Wildman–Crippen MR) is 93.0 cm³/mol. The zero-order chi connectivity index (χ0) is 17.3. The van der Waals surface area contributed by atoms with Crippen molar-refractivity contribution < 1.29 is 9.15 Å². The van der Waals surface area contributed by atoms with E-state index in [-0.39, 0.29) is 12.0 Å². The molecule has 0 unspecified atom stereocenters. The zero-order valence-electron chi connectivity index (χ0n) is 13.6. The third-order valence-corrected chi connectivity index (χ3v) is 3.75. The summed E-state index contributed by atoms with van der Waals surface area (Å²) in [5.41, 5.74) is 2.01. The monoisotopic (exact) mass is 344 g/mol. The van der Waals surface area contributed by atoms with Crippen LogP contribution < -0.4 is 10.5 Å². The highest BCUT2D eigenvalue weighted by molar-refractivity contribution is 6.33. The fraction of sp³-hybridized carbons (Fsp3) is 0.222. The van der Waals surface area contributed by atoms with Crippen LogP contribution in [0.3, 0.4) is 0 Å². The Hall–Kier alpha value is -2.53. The summed E-state index contributed by atoms with van der Waals surface area (Å²) >= 11 is 6.16. The molecule has 0 spiro atoms. The van der Waals surface area contributed by atoms with Crippen molar-refractivity contribution >= 4 is 11.6 Å². The van der Waals surface area contributed by atoms with Gasteiger partial charge in [0.2, 0.25) is 0 Å². The van der Waals surface area contributed by atoms with Crippen LogP contribution in [0.25, 0.3) is 17.1 Å². The van der Waals surface area contributed by atoms with E-state index in [2.05, 4.69) is 5.10 Å². The molecule has 6 heteroatoms. The second-order valence-electron chi connectivity index (χ2n) is 5.65. The Morgan fingerprint density at radius 1 is 1.17 bits per heavy atom.